The molecule has 0 unspecified atom stereocenters. The fraction of sp³-hybridized carbons (Fsp3) is 0.158. The van der Waals surface area contributed by atoms with E-state index in [2.05, 4.69) is 12.2 Å². The van der Waals surface area contributed by atoms with Crippen LogP contribution in [0.5, 0.6) is 0 Å². The van der Waals surface area contributed by atoms with Gasteiger partial charge >= 0.3 is 0 Å². The standard InChI is InChI=1S/C19H19NO2/c1-2-15-8-10-17(11-9-15)18(21)12-13-20-14-19(22)16-6-4-3-5-7-16/h3-13,20H,2,14H2,1H3/b13-12-. The maximum atomic E-state index is 11.9. The number of aryl methyl sites for hydroxylation is 1. The second kappa shape index (κ2) is 7.93. The predicted octanol–water partition coefficient (Wildman–Crippen LogP) is 3.42. The molecule has 3 heteroatoms. The van der Waals surface area contributed by atoms with Crippen molar-refractivity contribution in [1.82, 2.24) is 5.32 Å². The Morgan fingerprint density at radius 3 is 2.27 bits per heavy atom. The van der Waals surface area contributed by atoms with E-state index in [1.54, 1.807) is 12.1 Å². The number of carbonyl (C=O) groups excluding carboxylic acids is 2. The zero-order valence-corrected chi connectivity index (χ0v) is 12.6. The zero-order chi connectivity index (χ0) is 15.8. The van der Waals surface area contributed by atoms with E-state index >= 15 is 0 Å². The first-order chi connectivity index (χ1) is 10.7. The van der Waals surface area contributed by atoms with Crippen molar-refractivity contribution in [2.24, 2.45) is 0 Å². The summed E-state index contributed by atoms with van der Waals surface area (Å²) < 4.78 is 0. The third kappa shape index (κ3) is 4.42. The van der Waals surface area contributed by atoms with Gasteiger partial charge in [-0.3, -0.25) is 9.59 Å². The Balaban J connectivity index is 1.84. The van der Waals surface area contributed by atoms with Gasteiger partial charge in [0.25, 0.3) is 0 Å². The summed E-state index contributed by atoms with van der Waals surface area (Å²) in [4.78, 5) is 23.8. The average Bonchev–Trinajstić information content (AvgIpc) is 2.59. The molecule has 0 spiro atoms. The van der Waals surface area contributed by atoms with Crippen molar-refractivity contribution in [3.63, 3.8) is 0 Å². The van der Waals surface area contributed by atoms with Crippen LogP contribution in [0.1, 0.15) is 33.2 Å². The van der Waals surface area contributed by atoms with Gasteiger partial charge in [0.2, 0.25) is 0 Å². The van der Waals surface area contributed by atoms with E-state index in [0.717, 1.165) is 6.42 Å². The second-order valence-corrected chi connectivity index (χ2v) is 4.92. The van der Waals surface area contributed by atoms with Gasteiger partial charge in [0.1, 0.15) is 0 Å². The normalized spacial score (nSPS) is 10.6. The summed E-state index contributed by atoms with van der Waals surface area (Å²) >= 11 is 0. The smallest absolute Gasteiger partial charge is 0.187 e. The first kappa shape index (κ1) is 15.7. The third-order valence-electron chi connectivity index (χ3n) is 3.36. The molecule has 2 aromatic carbocycles. The lowest BCUT2D eigenvalue weighted by molar-refractivity contribution is 0.0992. The van der Waals surface area contributed by atoms with Gasteiger partial charge in [-0.05, 0) is 12.0 Å². The summed E-state index contributed by atoms with van der Waals surface area (Å²) in [6, 6.07) is 16.6. The molecule has 0 bridgehead atoms. The molecule has 22 heavy (non-hydrogen) atoms. The number of benzene rings is 2. The quantitative estimate of drug-likeness (QED) is 0.628. The maximum Gasteiger partial charge on any atom is 0.187 e. The molecule has 112 valence electrons. The highest BCUT2D eigenvalue weighted by molar-refractivity contribution is 6.04. The van der Waals surface area contributed by atoms with Gasteiger partial charge in [0, 0.05) is 23.4 Å². The zero-order valence-electron chi connectivity index (χ0n) is 12.6. The minimum atomic E-state index is -0.0812. The number of hydrogen-bond donors (Lipinski definition) is 1. The van der Waals surface area contributed by atoms with Crippen LogP contribution in [-0.4, -0.2) is 18.1 Å². The van der Waals surface area contributed by atoms with Gasteiger partial charge in [-0.25, -0.2) is 0 Å². The number of rotatable bonds is 7. The molecule has 2 rings (SSSR count). The van der Waals surface area contributed by atoms with E-state index in [1.807, 2.05) is 42.5 Å². The molecule has 0 saturated carbocycles. The lowest BCUT2D eigenvalue weighted by Crippen LogP contribution is -2.18. The predicted molar refractivity (Wildman–Crippen MR) is 88.1 cm³/mol. The number of hydrogen-bond acceptors (Lipinski definition) is 3. The van der Waals surface area contributed by atoms with Gasteiger partial charge in [0.05, 0.1) is 6.54 Å². The number of nitrogens with one attached hydrogen (secondary N) is 1. The van der Waals surface area contributed by atoms with Crippen LogP contribution >= 0.6 is 0 Å². The topological polar surface area (TPSA) is 46.2 Å². The highest BCUT2D eigenvalue weighted by atomic mass is 16.1. The highest BCUT2D eigenvalue weighted by Crippen LogP contribution is 2.06. The van der Waals surface area contributed by atoms with Gasteiger partial charge in [0.15, 0.2) is 11.6 Å². The first-order valence-corrected chi connectivity index (χ1v) is 7.32. The van der Waals surface area contributed by atoms with Crippen molar-refractivity contribution in [3.05, 3.63) is 83.6 Å². The van der Waals surface area contributed by atoms with Crippen molar-refractivity contribution in [1.29, 1.82) is 0 Å². The molecule has 2 aromatic rings. The monoisotopic (exact) mass is 293 g/mol. The number of Topliss-reactive ketones (excluding diaryl/α,β-unsaturated/α-hetero) is 1. The lowest BCUT2D eigenvalue weighted by Gasteiger charge is -2.01. The Morgan fingerprint density at radius 2 is 1.64 bits per heavy atom. The van der Waals surface area contributed by atoms with Gasteiger partial charge in [-0.15, -0.1) is 0 Å². The van der Waals surface area contributed by atoms with E-state index < -0.39 is 0 Å². The second-order valence-electron chi connectivity index (χ2n) is 4.92. The molecule has 0 saturated heterocycles. The molecule has 0 aliphatic rings. The molecule has 0 fully saturated rings. The maximum absolute atomic E-state index is 11.9. The SMILES string of the molecule is CCc1ccc(C(=O)/C=C\NCC(=O)c2ccccc2)cc1. The van der Waals surface area contributed by atoms with E-state index in [0.29, 0.717) is 11.1 Å². The van der Waals surface area contributed by atoms with E-state index in [-0.39, 0.29) is 18.1 Å². The minimum absolute atomic E-state index is 0.00926. The summed E-state index contributed by atoms with van der Waals surface area (Å²) in [6.45, 7) is 2.24. The van der Waals surface area contributed by atoms with Crippen molar-refractivity contribution >= 4 is 11.6 Å². The summed E-state index contributed by atoms with van der Waals surface area (Å²) in [6.07, 6.45) is 3.92. The Labute approximate surface area is 130 Å². The van der Waals surface area contributed by atoms with Crippen molar-refractivity contribution in [3.8, 4) is 0 Å². The van der Waals surface area contributed by atoms with Crippen LogP contribution in [-0.2, 0) is 6.42 Å². The van der Waals surface area contributed by atoms with Crippen LogP contribution in [0, 0.1) is 0 Å². The molecule has 0 aliphatic heterocycles. The molecule has 0 radical (unpaired) electrons. The van der Waals surface area contributed by atoms with Crippen LogP contribution in [0.2, 0.25) is 0 Å². The molecular weight excluding hydrogens is 274 g/mol. The number of allylic oxidation sites excluding steroid dienone is 1. The Kier molecular flexibility index (Phi) is 5.66. The van der Waals surface area contributed by atoms with Crippen LogP contribution in [0.4, 0.5) is 0 Å². The molecule has 0 heterocycles. The van der Waals surface area contributed by atoms with E-state index in [1.165, 1.54) is 17.8 Å². The fourth-order valence-corrected chi connectivity index (χ4v) is 2.01. The van der Waals surface area contributed by atoms with E-state index in [9.17, 15) is 9.59 Å². The Hall–Kier alpha value is -2.68. The first-order valence-electron chi connectivity index (χ1n) is 7.32. The van der Waals surface area contributed by atoms with Gasteiger partial charge in [-0.1, -0.05) is 61.5 Å². The molecule has 3 nitrogen and oxygen atoms in total. The molecule has 0 aromatic heterocycles. The number of carbonyl (C=O) groups is 2. The molecule has 0 aliphatic carbocycles. The van der Waals surface area contributed by atoms with Crippen LogP contribution in [0.25, 0.3) is 0 Å². The summed E-state index contributed by atoms with van der Waals surface area (Å²) in [5.74, 6) is -0.0905. The van der Waals surface area contributed by atoms with Crippen molar-refractivity contribution in [2.75, 3.05) is 6.54 Å². The van der Waals surface area contributed by atoms with E-state index in [4.69, 9.17) is 0 Å². The van der Waals surface area contributed by atoms with Crippen LogP contribution in [0.3, 0.4) is 0 Å². The summed E-state index contributed by atoms with van der Waals surface area (Å²) in [7, 11) is 0. The third-order valence-corrected chi connectivity index (χ3v) is 3.36. The largest absolute Gasteiger partial charge is 0.383 e. The summed E-state index contributed by atoms with van der Waals surface area (Å²) in [5.41, 5.74) is 2.50. The Bertz CT molecular complexity index is 658. The minimum Gasteiger partial charge on any atom is -0.383 e. The fourth-order valence-electron chi connectivity index (χ4n) is 2.01. The summed E-state index contributed by atoms with van der Waals surface area (Å²) in [5, 5.41) is 2.86. The molecule has 1 N–H and O–H groups in total. The van der Waals surface area contributed by atoms with Crippen LogP contribution < -0.4 is 5.32 Å². The van der Waals surface area contributed by atoms with Gasteiger partial charge in [-0.2, -0.15) is 0 Å². The van der Waals surface area contributed by atoms with Crippen LogP contribution in [0.15, 0.2) is 66.9 Å². The van der Waals surface area contributed by atoms with Gasteiger partial charge < -0.3 is 5.32 Å². The lowest BCUT2D eigenvalue weighted by atomic mass is 10.1. The average molecular weight is 293 g/mol. The highest BCUT2D eigenvalue weighted by Gasteiger charge is 2.03. The Morgan fingerprint density at radius 1 is 0.955 bits per heavy atom. The molecule has 0 amide bonds. The molecular formula is C19H19NO2. The van der Waals surface area contributed by atoms with Crippen molar-refractivity contribution < 1.29 is 9.59 Å². The van der Waals surface area contributed by atoms with Crippen molar-refractivity contribution in [2.45, 2.75) is 13.3 Å². The molecule has 0 atom stereocenters. The number of ketones is 2.